The highest BCUT2D eigenvalue weighted by atomic mass is 32.2. The fraction of sp³-hybridized carbons (Fsp3) is 1.00. The molecule has 0 spiro atoms. The molecule has 0 amide bonds. The van der Waals surface area contributed by atoms with Gasteiger partial charge in [0.1, 0.15) is 0 Å². The summed E-state index contributed by atoms with van der Waals surface area (Å²) < 4.78 is 26.0. The summed E-state index contributed by atoms with van der Waals surface area (Å²) in [6.45, 7) is 4.56. The summed E-state index contributed by atoms with van der Waals surface area (Å²) in [7, 11) is -3.00. The fourth-order valence-electron chi connectivity index (χ4n) is 2.53. The van der Waals surface area contributed by atoms with Gasteiger partial charge in [0.2, 0.25) is 10.0 Å². The smallest absolute Gasteiger partial charge is 0.214 e. The van der Waals surface area contributed by atoms with Crippen LogP contribution in [0.2, 0.25) is 0 Å². The number of hydrogen-bond acceptors (Lipinski definition) is 3. The van der Waals surface area contributed by atoms with Crippen molar-refractivity contribution in [2.24, 2.45) is 5.92 Å². The Labute approximate surface area is 111 Å². The van der Waals surface area contributed by atoms with Crippen molar-refractivity contribution in [3.63, 3.8) is 0 Å². The third-order valence-electron chi connectivity index (χ3n) is 3.85. The predicted molar refractivity (Wildman–Crippen MR) is 74.0 cm³/mol. The lowest BCUT2D eigenvalue weighted by Crippen LogP contribution is -2.40. The van der Waals surface area contributed by atoms with E-state index in [0.29, 0.717) is 11.7 Å². The molecule has 1 unspecified atom stereocenters. The number of unbranched alkanes of at least 4 members (excludes halogenated alkanes) is 1. The van der Waals surface area contributed by atoms with Crippen LogP contribution in [-0.2, 0) is 10.0 Å². The van der Waals surface area contributed by atoms with Gasteiger partial charge < -0.3 is 5.32 Å². The zero-order chi connectivity index (χ0) is 13.0. The zero-order valence-electron chi connectivity index (χ0n) is 11.4. The minimum Gasteiger partial charge on any atom is -0.314 e. The molecule has 1 atom stereocenters. The summed E-state index contributed by atoms with van der Waals surface area (Å²) in [5, 5.41) is 3.42. The Kier molecular flexibility index (Phi) is 5.04. The molecule has 4 nitrogen and oxygen atoms in total. The average Bonchev–Trinajstić information content (AvgIpc) is 3.12. The van der Waals surface area contributed by atoms with Gasteiger partial charge in [-0.15, -0.1) is 0 Å². The number of hydrogen-bond donors (Lipinski definition) is 1. The summed E-state index contributed by atoms with van der Waals surface area (Å²) in [4.78, 5) is 0. The van der Waals surface area contributed by atoms with E-state index in [1.54, 1.807) is 4.31 Å². The van der Waals surface area contributed by atoms with E-state index >= 15 is 0 Å². The zero-order valence-corrected chi connectivity index (χ0v) is 12.2. The summed E-state index contributed by atoms with van der Waals surface area (Å²) >= 11 is 0. The number of piperidine rings is 1. The fourth-order valence-corrected chi connectivity index (χ4v) is 4.25. The molecule has 106 valence electrons. The van der Waals surface area contributed by atoms with Gasteiger partial charge >= 0.3 is 0 Å². The van der Waals surface area contributed by atoms with Gasteiger partial charge in [-0.2, -0.15) is 0 Å². The second-order valence-corrected chi connectivity index (χ2v) is 7.95. The van der Waals surface area contributed by atoms with E-state index in [1.165, 1.54) is 12.8 Å². The maximum absolute atomic E-state index is 12.1. The monoisotopic (exact) mass is 274 g/mol. The molecule has 1 heterocycles. The molecule has 2 rings (SSSR count). The van der Waals surface area contributed by atoms with Gasteiger partial charge in [0.05, 0.1) is 5.75 Å². The molecule has 1 saturated carbocycles. The Morgan fingerprint density at radius 2 is 2.00 bits per heavy atom. The lowest BCUT2D eigenvalue weighted by Gasteiger charge is -2.30. The molecule has 2 aliphatic rings. The van der Waals surface area contributed by atoms with Gasteiger partial charge in [0, 0.05) is 19.1 Å². The minimum absolute atomic E-state index is 0.325. The van der Waals surface area contributed by atoms with Crippen LogP contribution >= 0.6 is 0 Å². The van der Waals surface area contributed by atoms with Crippen molar-refractivity contribution in [3.05, 3.63) is 0 Å². The molecule has 2 fully saturated rings. The van der Waals surface area contributed by atoms with E-state index in [2.05, 4.69) is 12.2 Å². The van der Waals surface area contributed by atoms with Gasteiger partial charge in [-0.25, -0.2) is 12.7 Å². The Bertz CT molecular complexity index is 352. The van der Waals surface area contributed by atoms with Crippen LogP contribution in [0.4, 0.5) is 0 Å². The lowest BCUT2D eigenvalue weighted by atomic mass is 10.0. The Balaban J connectivity index is 1.65. The van der Waals surface area contributed by atoms with Crippen molar-refractivity contribution in [3.8, 4) is 0 Å². The topological polar surface area (TPSA) is 49.4 Å². The lowest BCUT2D eigenvalue weighted by molar-refractivity contribution is 0.281. The van der Waals surface area contributed by atoms with Crippen molar-refractivity contribution in [2.75, 3.05) is 25.4 Å². The Hall–Kier alpha value is -0.130. The highest BCUT2D eigenvalue weighted by Crippen LogP contribution is 2.20. The summed E-state index contributed by atoms with van der Waals surface area (Å²) in [6, 6.07) is 0.726. The maximum atomic E-state index is 12.1. The van der Waals surface area contributed by atoms with E-state index in [1.807, 2.05) is 0 Å². The molecule has 1 saturated heterocycles. The third kappa shape index (κ3) is 4.52. The van der Waals surface area contributed by atoms with Crippen molar-refractivity contribution >= 4 is 10.0 Å². The maximum Gasteiger partial charge on any atom is 0.214 e. The average molecular weight is 274 g/mol. The molecule has 1 aliphatic heterocycles. The van der Waals surface area contributed by atoms with Gasteiger partial charge in [-0.3, -0.25) is 0 Å². The third-order valence-corrected chi connectivity index (χ3v) is 5.78. The standard InChI is InChI=1S/C13H26N2O2S/c1-12-5-4-9-15(11-12)18(16,17)10-3-2-8-14-13-6-7-13/h12-14H,2-11H2,1H3. The van der Waals surface area contributed by atoms with Gasteiger partial charge in [-0.05, 0) is 51.0 Å². The number of nitrogens with zero attached hydrogens (tertiary/aromatic N) is 1. The molecule has 0 aromatic rings. The van der Waals surface area contributed by atoms with Crippen LogP contribution in [0, 0.1) is 5.92 Å². The second-order valence-electron chi connectivity index (χ2n) is 5.86. The first kappa shape index (κ1) is 14.3. The first-order valence-electron chi connectivity index (χ1n) is 7.29. The van der Waals surface area contributed by atoms with Crippen molar-refractivity contribution in [2.45, 2.75) is 51.5 Å². The molecule has 1 N–H and O–H groups in total. The molecule has 18 heavy (non-hydrogen) atoms. The normalized spacial score (nSPS) is 26.4. The Morgan fingerprint density at radius 3 is 2.67 bits per heavy atom. The molecule has 0 aromatic heterocycles. The van der Waals surface area contributed by atoms with Crippen molar-refractivity contribution < 1.29 is 8.42 Å². The van der Waals surface area contributed by atoms with E-state index in [0.717, 1.165) is 51.4 Å². The number of rotatable bonds is 7. The molecule has 5 heteroatoms. The van der Waals surface area contributed by atoms with Gasteiger partial charge in [0.15, 0.2) is 0 Å². The number of sulfonamides is 1. The van der Waals surface area contributed by atoms with Crippen LogP contribution in [0.15, 0.2) is 0 Å². The number of nitrogens with one attached hydrogen (secondary N) is 1. The first-order valence-corrected chi connectivity index (χ1v) is 8.90. The molecule has 0 aromatic carbocycles. The van der Waals surface area contributed by atoms with Crippen molar-refractivity contribution in [1.29, 1.82) is 0 Å². The van der Waals surface area contributed by atoms with Gasteiger partial charge in [0.25, 0.3) is 0 Å². The molecular weight excluding hydrogens is 248 g/mol. The summed E-state index contributed by atoms with van der Waals surface area (Å²) in [5.74, 6) is 0.844. The van der Waals surface area contributed by atoms with E-state index in [4.69, 9.17) is 0 Å². The second kappa shape index (κ2) is 6.35. The van der Waals surface area contributed by atoms with E-state index in [-0.39, 0.29) is 0 Å². The highest BCUT2D eigenvalue weighted by molar-refractivity contribution is 7.89. The van der Waals surface area contributed by atoms with Crippen LogP contribution in [0.1, 0.15) is 45.4 Å². The van der Waals surface area contributed by atoms with Crippen LogP contribution in [0.3, 0.4) is 0 Å². The van der Waals surface area contributed by atoms with Crippen LogP contribution in [0.5, 0.6) is 0 Å². The SMILES string of the molecule is CC1CCCN(S(=O)(=O)CCCCNC2CC2)C1. The quantitative estimate of drug-likeness (QED) is 0.717. The first-order chi connectivity index (χ1) is 8.58. The van der Waals surface area contributed by atoms with E-state index < -0.39 is 10.0 Å². The minimum atomic E-state index is -3.00. The molecule has 0 bridgehead atoms. The van der Waals surface area contributed by atoms with Gasteiger partial charge in [-0.1, -0.05) is 6.92 Å². The van der Waals surface area contributed by atoms with Crippen molar-refractivity contribution in [1.82, 2.24) is 9.62 Å². The summed E-state index contributed by atoms with van der Waals surface area (Å²) in [6.07, 6.45) is 6.53. The largest absolute Gasteiger partial charge is 0.314 e. The summed E-state index contributed by atoms with van der Waals surface area (Å²) in [5.41, 5.74) is 0. The molecule has 1 aliphatic carbocycles. The predicted octanol–water partition coefficient (Wildman–Crippen LogP) is 1.58. The highest BCUT2D eigenvalue weighted by Gasteiger charge is 2.26. The molecule has 0 radical (unpaired) electrons. The van der Waals surface area contributed by atoms with Crippen LogP contribution in [-0.4, -0.2) is 44.2 Å². The van der Waals surface area contributed by atoms with Crippen LogP contribution in [0.25, 0.3) is 0 Å². The Morgan fingerprint density at radius 1 is 1.22 bits per heavy atom. The molecular formula is C13H26N2O2S. The van der Waals surface area contributed by atoms with E-state index in [9.17, 15) is 8.42 Å². The van der Waals surface area contributed by atoms with Crippen LogP contribution < -0.4 is 5.32 Å².